The van der Waals surface area contributed by atoms with Crippen molar-refractivity contribution in [2.24, 2.45) is 0 Å². The first-order chi connectivity index (χ1) is 7.53. The van der Waals surface area contributed by atoms with Crippen LogP contribution in [0.3, 0.4) is 0 Å². The minimum Gasteiger partial charge on any atom is -0.481 e. The van der Waals surface area contributed by atoms with Crippen LogP contribution in [0.5, 0.6) is 0 Å². The van der Waals surface area contributed by atoms with Gasteiger partial charge in [0.05, 0.1) is 6.42 Å². The molecule has 86 valence electrons. The Morgan fingerprint density at radius 2 is 2.12 bits per heavy atom. The second-order valence-electron chi connectivity index (χ2n) is 5.13. The molecule has 0 amide bonds. The molecular formula is C14H18O2. The van der Waals surface area contributed by atoms with E-state index < -0.39 is 5.97 Å². The van der Waals surface area contributed by atoms with Crippen LogP contribution in [0.25, 0.3) is 0 Å². The standard InChI is InChI=1S/C14H18O2/c1-10(2)11-4-3-5-12(8-11)14(6-7-14)9-13(15)16/h3-5,8,10H,6-7,9H2,1-2H3,(H,15,16). The summed E-state index contributed by atoms with van der Waals surface area (Å²) in [6.07, 6.45) is 2.30. The van der Waals surface area contributed by atoms with E-state index in [9.17, 15) is 4.79 Å². The maximum Gasteiger partial charge on any atom is 0.304 e. The van der Waals surface area contributed by atoms with Crippen molar-refractivity contribution in [1.82, 2.24) is 0 Å². The van der Waals surface area contributed by atoms with Crippen molar-refractivity contribution < 1.29 is 9.90 Å². The van der Waals surface area contributed by atoms with Crippen molar-refractivity contribution in [3.05, 3.63) is 35.4 Å². The molecule has 0 radical (unpaired) electrons. The van der Waals surface area contributed by atoms with E-state index in [0.717, 1.165) is 12.8 Å². The van der Waals surface area contributed by atoms with Crippen molar-refractivity contribution in [2.45, 2.75) is 44.4 Å². The summed E-state index contributed by atoms with van der Waals surface area (Å²) in [6, 6.07) is 8.42. The van der Waals surface area contributed by atoms with Crippen molar-refractivity contribution in [3.8, 4) is 0 Å². The Morgan fingerprint density at radius 1 is 1.44 bits per heavy atom. The lowest BCUT2D eigenvalue weighted by atomic mass is 9.89. The van der Waals surface area contributed by atoms with Crippen LogP contribution < -0.4 is 0 Å². The number of hydrogen-bond donors (Lipinski definition) is 1. The predicted molar refractivity (Wildman–Crippen MR) is 63.7 cm³/mol. The SMILES string of the molecule is CC(C)c1cccc(C2(CC(=O)O)CC2)c1. The van der Waals surface area contributed by atoms with E-state index in [2.05, 4.69) is 32.0 Å². The van der Waals surface area contributed by atoms with Gasteiger partial charge in [0.25, 0.3) is 0 Å². The van der Waals surface area contributed by atoms with Gasteiger partial charge in [-0.05, 0) is 29.9 Å². The second-order valence-corrected chi connectivity index (χ2v) is 5.13. The zero-order valence-corrected chi connectivity index (χ0v) is 9.86. The van der Waals surface area contributed by atoms with E-state index >= 15 is 0 Å². The molecule has 0 saturated heterocycles. The molecule has 1 aromatic carbocycles. The van der Waals surface area contributed by atoms with Gasteiger partial charge >= 0.3 is 5.97 Å². The van der Waals surface area contributed by atoms with Crippen LogP contribution >= 0.6 is 0 Å². The van der Waals surface area contributed by atoms with E-state index in [4.69, 9.17) is 5.11 Å². The van der Waals surface area contributed by atoms with E-state index in [1.54, 1.807) is 0 Å². The van der Waals surface area contributed by atoms with Crippen LogP contribution in [0.2, 0.25) is 0 Å². The van der Waals surface area contributed by atoms with Gasteiger partial charge in [-0.15, -0.1) is 0 Å². The molecule has 1 N–H and O–H groups in total. The molecule has 2 heteroatoms. The Balaban J connectivity index is 2.27. The maximum absolute atomic E-state index is 10.8. The molecule has 2 rings (SSSR count). The van der Waals surface area contributed by atoms with Crippen molar-refractivity contribution >= 4 is 5.97 Å². The van der Waals surface area contributed by atoms with Gasteiger partial charge in [-0.2, -0.15) is 0 Å². The number of carboxylic acid groups (broad SMARTS) is 1. The summed E-state index contributed by atoms with van der Waals surface area (Å²) >= 11 is 0. The molecule has 0 atom stereocenters. The average Bonchev–Trinajstić information content (AvgIpc) is 2.98. The van der Waals surface area contributed by atoms with Gasteiger partial charge in [0.2, 0.25) is 0 Å². The van der Waals surface area contributed by atoms with Crippen molar-refractivity contribution in [3.63, 3.8) is 0 Å². The molecule has 0 unspecified atom stereocenters. The third kappa shape index (κ3) is 2.11. The van der Waals surface area contributed by atoms with Crippen LogP contribution in [0.1, 0.15) is 50.2 Å². The van der Waals surface area contributed by atoms with Gasteiger partial charge < -0.3 is 5.11 Å². The van der Waals surface area contributed by atoms with Crippen LogP contribution in [-0.2, 0) is 10.2 Å². The predicted octanol–water partition coefficient (Wildman–Crippen LogP) is 3.32. The minimum absolute atomic E-state index is 0.0588. The molecule has 1 fully saturated rings. The van der Waals surface area contributed by atoms with Gasteiger partial charge in [-0.25, -0.2) is 0 Å². The first-order valence-electron chi connectivity index (χ1n) is 5.86. The number of aliphatic carboxylic acids is 1. The lowest BCUT2D eigenvalue weighted by Crippen LogP contribution is -2.13. The van der Waals surface area contributed by atoms with Crippen molar-refractivity contribution in [2.75, 3.05) is 0 Å². The summed E-state index contributed by atoms with van der Waals surface area (Å²) in [6.45, 7) is 4.33. The highest BCUT2D eigenvalue weighted by molar-refractivity contribution is 5.70. The lowest BCUT2D eigenvalue weighted by molar-refractivity contribution is -0.137. The summed E-state index contributed by atoms with van der Waals surface area (Å²) in [5.41, 5.74) is 2.45. The average molecular weight is 218 g/mol. The van der Waals surface area contributed by atoms with Crippen LogP contribution in [0, 0.1) is 0 Å². The molecule has 0 aliphatic heterocycles. The van der Waals surface area contributed by atoms with Gasteiger partial charge in [0.15, 0.2) is 0 Å². The fourth-order valence-electron chi connectivity index (χ4n) is 2.24. The largest absolute Gasteiger partial charge is 0.481 e. The number of carboxylic acids is 1. The molecule has 0 aromatic heterocycles. The molecule has 1 saturated carbocycles. The quantitative estimate of drug-likeness (QED) is 0.841. The third-order valence-electron chi connectivity index (χ3n) is 3.51. The van der Waals surface area contributed by atoms with Gasteiger partial charge in [0.1, 0.15) is 0 Å². The fourth-order valence-corrected chi connectivity index (χ4v) is 2.24. The number of carbonyl (C=O) groups is 1. The highest BCUT2D eigenvalue weighted by Crippen LogP contribution is 2.51. The first-order valence-corrected chi connectivity index (χ1v) is 5.86. The Morgan fingerprint density at radius 3 is 2.62 bits per heavy atom. The van der Waals surface area contributed by atoms with E-state index in [-0.39, 0.29) is 11.8 Å². The monoisotopic (exact) mass is 218 g/mol. The molecule has 0 heterocycles. The highest BCUT2D eigenvalue weighted by Gasteiger charge is 2.45. The molecule has 0 spiro atoms. The van der Waals surface area contributed by atoms with E-state index in [1.807, 2.05) is 6.07 Å². The van der Waals surface area contributed by atoms with Crippen LogP contribution in [-0.4, -0.2) is 11.1 Å². The summed E-state index contributed by atoms with van der Waals surface area (Å²) in [5, 5.41) is 8.93. The lowest BCUT2D eigenvalue weighted by Gasteiger charge is -2.15. The highest BCUT2D eigenvalue weighted by atomic mass is 16.4. The minimum atomic E-state index is -0.688. The molecule has 16 heavy (non-hydrogen) atoms. The number of hydrogen-bond acceptors (Lipinski definition) is 1. The molecule has 2 nitrogen and oxygen atoms in total. The summed E-state index contributed by atoms with van der Waals surface area (Å²) in [4.78, 5) is 10.8. The molecular weight excluding hydrogens is 200 g/mol. The van der Waals surface area contributed by atoms with Crippen LogP contribution in [0.15, 0.2) is 24.3 Å². The molecule has 1 aromatic rings. The van der Waals surface area contributed by atoms with E-state index in [0.29, 0.717) is 5.92 Å². The Hall–Kier alpha value is -1.31. The fraction of sp³-hybridized carbons (Fsp3) is 0.500. The molecule has 1 aliphatic rings. The number of rotatable bonds is 4. The summed E-state index contributed by atoms with van der Waals surface area (Å²) < 4.78 is 0. The van der Waals surface area contributed by atoms with Gasteiger partial charge in [-0.3, -0.25) is 4.79 Å². The Labute approximate surface area is 96.3 Å². The first kappa shape index (κ1) is 11.2. The molecule has 1 aliphatic carbocycles. The zero-order chi connectivity index (χ0) is 11.8. The van der Waals surface area contributed by atoms with Gasteiger partial charge in [0, 0.05) is 5.41 Å². The summed E-state index contributed by atoms with van der Waals surface area (Å²) in [5.74, 6) is -0.187. The molecule has 0 bridgehead atoms. The normalized spacial score (nSPS) is 17.4. The number of benzene rings is 1. The maximum atomic E-state index is 10.8. The smallest absolute Gasteiger partial charge is 0.304 e. The van der Waals surface area contributed by atoms with Crippen LogP contribution in [0.4, 0.5) is 0 Å². The zero-order valence-electron chi connectivity index (χ0n) is 9.86. The Bertz CT molecular complexity index is 403. The Kier molecular flexibility index (Phi) is 2.75. The topological polar surface area (TPSA) is 37.3 Å². The summed E-state index contributed by atoms with van der Waals surface area (Å²) in [7, 11) is 0. The van der Waals surface area contributed by atoms with Crippen molar-refractivity contribution in [1.29, 1.82) is 0 Å². The van der Waals surface area contributed by atoms with E-state index in [1.165, 1.54) is 11.1 Å². The second kappa shape index (κ2) is 3.93. The third-order valence-corrected chi connectivity index (χ3v) is 3.51. The van der Waals surface area contributed by atoms with Gasteiger partial charge in [-0.1, -0.05) is 38.1 Å².